The maximum absolute atomic E-state index is 5.86. The van der Waals surface area contributed by atoms with Crippen LogP contribution in [0.2, 0.25) is 0 Å². The first kappa shape index (κ1) is 11.9. The molecule has 1 unspecified atom stereocenters. The third-order valence-corrected chi connectivity index (χ3v) is 3.68. The first-order chi connectivity index (χ1) is 8.12. The molecule has 2 heterocycles. The van der Waals surface area contributed by atoms with Gasteiger partial charge in [0.1, 0.15) is 11.8 Å². The highest BCUT2D eigenvalue weighted by molar-refractivity contribution is 5.65. The molecule has 92 valence electrons. The fourth-order valence-electron chi connectivity index (χ4n) is 2.45. The van der Waals surface area contributed by atoms with Gasteiger partial charge in [0.2, 0.25) is 0 Å². The van der Waals surface area contributed by atoms with Gasteiger partial charge in [0.15, 0.2) is 5.82 Å². The summed E-state index contributed by atoms with van der Waals surface area (Å²) in [6, 6.07) is 4.13. The average molecular weight is 232 g/mol. The van der Waals surface area contributed by atoms with Crippen LogP contribution in [0, 0.1) is 0 Å². The number of hydrogen-bond donors (Lipinski definition) is 1. The molecule has 0 fully saturated rings. The molecule has 0 aromatic carbocycles. The van der Waals surface area contributed by atoms with Gasteiger partial charge in [-0.25, -0.2) is 9.50 Å². The minimum atomic E-state index is 0.155. The van der Waals surface area contributed by atoms with E-state index in [-0.39, 0.29) is 5.41 Å². The predicted molar refractivity (Wildman–Crippen MR) is 70.0 cm³/mol. The molecule has 0 bridgehead atoms. The van der Waals surface area contributed by atoms with E-state index in [1.54, 1.807) is 0 Å². The lowest BCUT2D eigenvalue weighted by molar-refractivity contribution is 0.395. The lowest BCUT2D eigenvalue weighted by Crippen LogP contribution is -2.23. The van der Waals surface area contributed by atoms with E-state index in [9.17, 15) is 0 Å². The van der Waals surface area contributed by atoms with Gasteiger partial charge in [-0.2, -0.15) is 5.10 Å². The van der Waals surface area contributed by atoms with Crippen molar-refractivity contribution in [2.75, 3.05) is 5.73 Å². The second-order valence-corrected chi connectivity index (χ2v) is 4.83. The van der Waals surface area contributed by atoms with Crippen LogP contribution < -0.4 is 5.73 Å². The fourth-order valence-corrected chi connectivity index (χ4v) is 2.45. The summed E-state index contributed by atoms with van der Waals surface area (Å²) in [5.41, 5.74) is 8.14. The maximum atomic E-state index is 5.86. The molecule has 4 nitrogen and oxygen atoms in total. The van der Waals surface area contributed by atoms with Crippen LogP contribution in [0.5, 0.6) is 0 Å². The third kappa shape index (κ3) is 1.88. The molecular formula is C13H20N4. The molecule has 0 spiro atoms. The lowest BCUT2D eigenvalue weighted by Gasteiger charge is -2.27. The predicted octanol–water partition coefficient (Wildman–Crippen LogP) is 2.78. The highest BCUT2D eigenvalue weighted by Crippen LogP contribution is 2.33. The van der Waals surface area contributed by atoms with E-state index in [0.29, 0.717) is 5.82 Å². The summed E-state index contributed by atoms with van der Waals surface area (Å²) in [4.78, 5) is 4.02. The Morgan fingerprint density at radius 1 is 1.35 bits per heavy atom. The quantitative estimate of drug-likeness (QED) is 0.881. The molecule has 0 saturated heterocycles. The molecule has 0 radical (unpaired) electrons. The summed E-state index contributed by atoms with van der Waals surface area (Å²) in [6.07, 6.45) is 4.93. The van der Waals surface area contributed by atoms with E-state index in [0.717, 1.165) is 24.8 Å². The van der Waals surface area contributed by atoms with Crippen molar-refractivity contribution in [1.82, 2.24) is 14.6 Å². The number of anilines is 1. The Morgan fingerprint density at radius 2 is 2.12 bits per heavy atom. The van der Waals surface area contributed by atoms with Gasteiger partial charge in [0.25, 0.3) is 0 Å². The highest BCUT2D eigenvalue weighted by atomic mass is 15.3. The minimum Gasteiger partial charge on any atom is -0.382 e. The van der Waals surface area contributed by atoms with E-state index < -0.39 is 0 Å². The summed E-state index contributed by atoms with van der Waals surface area (Å²) in [7, 11) is 0. The average Bonchev–Trinajstić information content (AvgIpc) is 2.75. The second-order valence-electron chi connectivity index (χ2n) is 4.83. The van der Waals surface area contributed by atoms with Gasteiger partial charge in [-0.1, -0.05) is 27.2 Å². The molecule has 2 aromatic heterocycles. The zero-order valence-corrected chi connectivity index (χ0v) is 10.8. The Balaban J connectivity index is 2.59. The molecule has 2 rings (SSSR count). The first-order valence-corrected chi connectivity index (χ1v) is 6.21. The largest absolute Gasteiger partial charge is 0.382 e. The molecule has 2 aromatic rings. The fraction of sp³-hybridized carbons (Fsp3) is 0.538. The number of aromatic nitrogens is 3. The van der Waals surface area contributed by atoms with Gasteiger partial charge in [0, 0.05) is 11.1 Å². The van der Waals surface area contributed by atoms with Gasteiger partial charge in [-0.15, -0.1) is 0 Å². The van der Waals surface area contributed by atoms with Gasteiger partial charge in [0.05, 0.1) is 0 Å². The van der Waals surface area contributed by atoms with Crippen LogP contribution in [0.25, 0.3) is 5.52 Å². The van der Waals surface area contributed by atoms with Crippen molar-refractivity contribution < 1.29 is 0 Å². The van der Waals surface area contributed by atoms with Gasteiger partial charge < -0.3 is 5.73 Å². The molecule has 2 N–H and O–H groups in total. The molecule has 17 heavy (non-hydrogen) atoms. The smallest absolute Gasteiger partial charge is 0.151 e. The van der Waals surface area contributed by atoms with Crippen molar-refractivity contribution in [3.05, 3.63) is 24.2 Å². The zero-order chi connectivity index (χ0) is 12.5. The van der Waals surface area contributed by atoms with Crippen molar-refractivity contribution in [3.63, 3.8) is 0 Å². The van der Waals surface area contributed by atoms with Crippen molar-refractivity contribution >= 4 is 11.3 Å². The van der Waals surface area contributed by atoms with E-state index in [1.807, 2.05) is 10.6 Å². The van der Waals surface area contributed by atoms with Gasteiger partial charge in [-0.3, -0.25) is 0 Å². The van der Waals surface area contributed by atoms with Gasteiger partial charge >= 0.3 is 0 Å². The SMILES string of the molecule is CCCC(C)(CC)c1ccc2c(N)ncnn12. The summed E-state index contributed by atoms with van der Waals surface area (Å²) in [5, 5.41) is 4.32. The summed E-state index contributed by atoms with van der Waals surface area (Å²) < 4.78 is 1.93. The van der Waals surface area contributed by atoms with Crippen LogP contribution in [0.1, 0.15) is 45.7 Å². The van der Waals surface area contributed by atoms with Gasteiger partial charge in [-0.05, 0) is 25.0 Å². The second kappa shape index (κ2) is 4.35. The van der Waals surface area contributed by atoms with Crippen molar-refractivity contribution in [1.29, 1.82) is 0 Å². The third-order valence-electron chi connectivity index (χ3n) is 3.68. The Kier molecular flexibility index (Phi) is 3.05. The Bertz CT molecular complexity index is 517. The maximum Gasteiger partial charge on any atom is 0.151 e. The summed E-state index contributed by atoms with van der Waals surface area (Å²) in [5.74, 6) is 0.543. The summed E-state index contributed by atoms with van der Waals surface area (Å²) in [6.45, 7) is 6.73. The number of nitrogens with zero attached hydrogens (tertiary/aromatic N) is 3. The highest BCUT2D eigenvalue weighted by Gasteiger charge is 2.27. The molecular weight excluding hydrogens is 212 g/mol. The Hall–Kier alpha value is -1.58. The van der Waals surface area contributed by atoms with E-state index >= 15 is 0 Å². The Labute approximate surface area is 102 Å². The van der Waals surface area contributed by atoms with Crippen molar-refractivity contribution in [3.8, 4) is 0 Å². The van der Waals surface area contributed by atoms with Crippen LogP contribution in [0.3, 0.4) is 0 Å². The van der Waals surface area contributed by atoms with Crippen LogP contribution in [0.4, 0.5) is 5.82 Å². The van der Waals surface area contributed by atoms with Crippen LogP contribution in [-0.2, 0) is 5.41 Å². The van der Waals surface area contributed by atoms with E-state index in [4.69, 9.17) is 5.73 Å². The van der Waals surface area contributed by atoms with E-state index in [1.165, 1.54) is 12.0 Å². The van der Waals surface area contributed by atoms with Crippen molar-refractivity contribution in [2.45, 2.75) is 45.4 Å². The number of rotatable bonds is 4. The number of nitrogens with two attached hydrogens (primary N) is 1. The number of nitrogen functional groups attached to an aromatic ring is 1. The summed E-state index contributed by atoms with van der Waals surface area (Å²) >= 11 is 0. The normalized spacial score (nSPS) is 15.0. The molecule has 0 aliphatic carbocycles. The number of hydrogen-bond acceptors (Lipinski definition) is 3. The Morgan fingerprint density at radius 3 is 2.76 bits per heavy atom. The zero-order valence-electron chi connectivity index (χ0n) is 10.8. The first-order valence-electron chi connectivity index (χ1n) is 6.21. The molecule has 1 atom stereocenters. The molecule has 0 saturated carbocycles. The molecule has 4 heteroatoms. The molecule has 0 aliphatic heterocycles. The lowest BCUT2D eigenvalue weighted by atomic mass is 9.80. The molecule has 0 aliphatic rings. The van der Waals surface area contributed by atoms with Crippen LogP contribution in [-0.4, -0.2) is 14.6 Å². The standard InChI is InChI=1S/C13H20N4/c1-4-8-13(3,5-2)11-7-6-10-12(14)15-9-16-17(10)11/h6-7,9H,4-5,8H2,1-3H3,(H2,14,15,16). The van der Waals surface area contributed by atoms with Crippen LogP contribution in [0.15, 0.2) is 18.5 Å². The van der Waals surface area contributed by atoms with Crippen LogP contribution >= 0.6 is 0 Å². The minimum absolute atomic E-state index is 0.155. The van der Waals surface area contributed by atoms with Crippen molar-refractivity contribution in [2.24, 2.45) is 0 Å². The van der Waals surface area contributed by atoms with E-state index in [2.05, 4.69) is 36.9 Å². The number of fused-ring (bicyclic) bond motifs is 1. The topological polar surface area (TPSA) is 56.2 Å². The monoisotopic (exact) mass is 232 g/mol. The molecule has 0 amide bonds.